The lowest BCUT2D eigenvalue weighted by atomic mass is 10.0. The van der Waals surface area contributed by atoms with Crippen LogP contribution in [-0.2, 0) is 16.1 Å². The number of hydrogen-bond donors (Lipinski definition) is 0. The van der Waals surface area contributed by atoms with Crippen molar-refractivity contribution >= 4 is 12.0 Å². The Morgan fingerprint density at radius 3 is 2.48 bits per heavy atom. The summed E-state index contributed by atoms with van der Waals surface area (Å²) >= 11 is 0. The molecule has 2 aliphatic rings. The van der Waals surface area contributed by atoms with Gasteiger partial charge < -0.3 is 4.74 Å². The van der Waals surface area contributed by atoms with Gasteiger partial charge in [-0.2, -0.15) is 0 Å². The lowest BCUT2D eigenvalue weighted by molar-refractivity contribution is -0.130. The lowest BCUT2D eigenvalue weighted by Crippen LogP contribution is -2.40. The number of nitrogens with zero attached hydrogens (tertiary/aromatic N) is 2. The van der Waals surface area contributed by atoms with E-state index in [1.54, 1.807) is 0 Å². The predicted octanol–water partition coefficient (Wildman–Crippen LogP) is 2.51. The first-order valence-corrected chi connectivity index (χ1v) is 8.14. The molecule has 2 atom stereocenters. The predicted molar refractivity (Wildman–Crippen MR) is 86.6 cm³/mol. The summed E-state index contributed by atoms with van der Waals surface area (Å²) in [4.78, 5) is 28.2. The third kappa shape index (κ3) is 3.55. The Bertz CT molecular complexity index is 594. The van der Waals surface area contributed by atoms with E-state index in [2.05, 4.69) is 17.0 Å². The molecule has 23 heavy (non-hydrogen) atoms. The Morgan fingerprint density at radius 1 is 1.17 bits per heavy atom. The summed E-state index contributed by atoms with van der Waals surface area (Å²) in [6.07, 6.45) is -0.508. The van der Waals surface area contributed by atoms with E-state index in [1.165, 1.54) is 10.5 Å². The first-order valence-electron chi connectivity index (χ1n) is 8.14. The minimum Gasteiger partial charge on any atom is -0.443 e. The molecule has 5 nitrogen and oxygen atoms in total. The average Bonchev–Trinajstić information content (AvgIpc) is 2.98. The zero-order chi connectivity index (χ0) is 16.6. The van der Waals surface area contributed by atoms with Gasteiger partial charge in [-0.1, -0.05) is 30.3 Å². The van der Waals surface area contributed by atoms with E-state index in [9.17, 15) is 9.59 Å². The molecule has 0 unspecified atom stereocenters. The molecule has 2 aliphatic heterocycles. The van der Waals surface area contributed by atoms with Crippen LogP contribution in [0.4, 0.5) is 4.79 Å². The summed E-state index contributed by atoms with van der Waals surface area (Å²) in [5, 5.41) is 0. The molecule has 124 valence electrons. The maximum Gasteiger partial charge on any atom is 0.417 e. The molecule has 0 radical (unpaired) electrons. The van der Waals surface area contributed by atoms with Crippen molar-refractivity contribution in [1.82, 2.24) is 9.80 Å². The highest BCUT2D eigenvalue weighted by Crippen LogP contribution is 2.33. The van der Waals surface area contributed by atoms with E-state index in [-0.39, 0.29) is 17.7 Å². The van der Waals surface area contributed by atoms with Crippen molar-refractivity contribution in [3.05, 3.63) is 35.9 Å². The van der Waals surface area contributed by atoms with E-state index in [0.717, 1.165) is 19.6 Å². The van der Waals surface area contributed by atoms with Crippen LogP contribution >= 0.6 is 0 Å². The van der Waals surface area contributed by atoms with Gasteiger partial charge in [0.1, 0.15) is 5.60 Å². The Labute approximate surface area is 137 Å². The van der Waals surface area contributed by atoms with Crippen LogP contribution in [0, 0.1) is 11.8 Å². The normalized spacial score (nSPS) is 24.8. The molecule has 0 aliphatic carbocycles. The van der Waals surface area contributed by atoms with E-state index in [0.29, 0.717) is 6.54 Å². The molecule has 5 heteroatoms. The highest BCUT2D eigenvalue weighted by atomic mass is 16.6. The SMILES string of the molecule is CC(C)(C)OC(=O)N1C[C@@H]2CN(Cc3ccccc3)C[C@@H]2C1=O. The van der Waals surface area contributed by atoms with Gasteiger partial charge in [-0.05, 0) is 26.3 Å². The van der Waals surface area contributed by atoms with Crippen LogP contribution in [0.5, 0.6) is 0 Å². The van der Waals surface area contributed by atoms with E-state index < -0.39 is 11.7 Å². The van der Waals surface area contributed by atoms with Crippen molar-refractivity contribution in [2.45, 2.75) is 32.9 Å². The summed E-state index contributed by atoms with van der Waals surface area (Å²) in [5.74, 6) is 0.0600. The number of amides is 2. The molecule has 2 saturated heterocycles. The monoisotopic (exact) mass is 316 g/mol. The van der Waals surface area contributed by atoms with Crippen molar-refractivity contribution in [1.29, 1.82) is 0 Å². The van der Waals surface area contributed by atoms with Crippen molar-refractivity contribution in [2.24, 2.45) is 11.8 Å². The van der Waals surface area contributed by atoms with Crippen LogP contribution in [0.3, 0.4) is 0 Å². The molecule has 0 N–H and O–H groups in total. The Hall–Kier alpha value is -1.88. The molecule has 0 spiro atoms. The fourth-order valence-corrected chi connectivity index (χ4v) is 3.40. The average molecular weight is 316 g/mol. The smallest absolute Gasteiger partial charge is 0.417 e. The maximum atomic E-state index is 12.5. The van der Waals surface area contributed by atoms with Gasteiger partial charge in [0, 0.05) is 32.1 Å². The summed E-state index contributed by atoms with van der Waals surface area (Å²) in [7, 11) is 0. The van der Waals surface area contributed by atoms with E-state index in [1.807, 2.05) is 39.0 Å². The van der Waals surface area contributed by atoms with Crippen LogP contribution in [0.1, 0.15) is 26.3 Å². The Kier molecular flexibility index (Phi) is 4.15. The molecule has 1 aromatic carbocycles. The third-order valence-corrected chi connectivity index (χ3v) is 4.38. The van der Waals surface area contributed by atoms with Crippen LogP contribution < -0.4 is 0 Å². The van der Waals surface area contributed by atoms with Gasteiger partial charge in [-0.15, -0.1) is 0 Å². The molecular weight excluding hydrogens is 292 g/mol. The molecule has 2 heterocycles. The van der Waals surface area contributed by atoms with Crippen molar-refractivity contribution in [3.63, 3.8) is 0 Å². The quantitative estimate of drug-likeness (QED) is 0.841. The fourth-order valence-electron chi connectivity index (χ4n) is 3.40. The third-order valence-electron chi connectivity index (χ3n) is 4.38. The minimum absolute atomic E-state index is 0.0776. The minimum atomic E-state index is -0.575. The molecule has 0 aromatic heterocycles. The lowest BCUT2D eigenvalue weighted by Gasteiger charge is -2.25. The van der Waals surface area contributed by atoms with E-state index >= 15 is 0 Å². The second-order valence-electron chi connectivity index (χ2n) is 7.48. The number of rotatable bonds is 2. The van der Waals surface area contributed by atoms with Crippen molar-refractivity contribution in [2.75, 3.05) is 19.6 Å². The number of benzene rings is 1. The second kappa shape index (κ2) is 5.96. The number of hydrogen-bond acceptors (Lipinski definition) is 4. The molecule has 2 fully saturated rings. The van der Waals surface area contributed by atoms with Gasteiger partial charge in [0.2, 0.25) is 5.91 Å². The fraction of sp³-hybridized carbons (Fsp3) is 0.556. The largest absolute Gasteiger partial charge is 0.443 e. The van der Waals surface area contributed by atoms with Gasteiger partial charge in [0.05, 0.1) is 5.92 Å². The van der Waals surface area contributed by atoms with Gasteiger partial charge >= 0.3 is 6.09 Å². The molecule has 2 amide bonds. The Balaban J connectivity index is 1.59. The highest BCUT2D eigenvalue weighted by Gasteiger charge is 2.49. The highest BCUT2D eigenvalue weighted by molar-refractivity contribution is 5.95. The van der Waals surface area contributed by atoms with Crippen LogP contribution in [0.25, 0.3) is 0 Å². The standard InChI is InChI=1S/C18H24N2O3/c1-18(2,3)23-17(22)20-11-14-10-19(12-15(14)16(20)21)9-13-7-5-4-6-8-13/h4-8,14-15H,9-12H2,1-3H3/t14-,15-/m0/s1. The summed E-state index contributed by atoms with van der Waals surface area (Å²) in [6, 6.07) is 10.3. The first kappa shape index (κ1) is 16.0. The summed E-state index contributed by atoms with van der Waals surface area (Å²) in [5.41, 5.74) is 0.679. The Morgan fingerprint density at radius 2 is 1.87 bits per heavy atom. The van der Waals surface area contributed by atoms with E-state index in [4.69, 9.17) is 4.74 Å². The van der Waals surface area contributed by atoms with Gasteiger partial charge in [0.25, 0.3) is 0 Å². The van der Waals surface area contributed by atoms with Crippen LogP contribution in [-0.4, -0.2) is 47.0 Å². The molecule has 0 bridgehead atoms. The van der Waals surface area contributed by atoms with Crippen molar-refractivity contribution in [3.8, 4) is 0 Å². The summed E-state index contributed by atoms with van der Waals surface area (Å²) in [6.45, 7) is 8.34. The van der Waals surface area contributed by atoms with Gasteiger partial charge in [-0.3, -0.25) is 9.69 Å². The number of fused-ring (bicyclic) bond motifs is 1. The molecule has 3 rings (SSSR count). The maximum absolute atomic E-state index is 12.5. The number of carbonyl (C=O) groups is 2. The first-order chi connectivity index (χ1) is 10.8. The molecular formula is C18H24N2O3. The van der Waals surface area contributed by atoms with Gasteiger partial charge in [-0.25, -0.2) is 9.69 Å². The number of imide groups is 1. The number of ether oxygens (including phenoxy) is 1. The summed E-state index contributed by atoms with van der Waals surface area (Å²) < 4.78 is 5.33. The molecule has 0 saturated carbocycles. The van der Waals surface area contributed by atoms with Crippen LogP contribution in [0.2, 0.25) is 0 Å². The van der Waals surface area contributed by atoms with Gasteiger partial charge in [0.15, 0.2) is 0 Å². The molecule has 1 aromatic rings. The zero-order valence-corrected chi connectivity index (χ0v) is 14.0. The second-order valence-corrected chi connectivity index (χ2v) is 7.48. The number of carbonyl (C=O) groups excluding carboxylic acids is 2. The van der Waals surface area contributed by atoms with Crippen LogP contribution in [0.15, 0.2) is 30.3 Å². The number of likely N-dealkylation sites (tertiary alicyclic amines) is 2. The topological polar surface area (TPSA) is 49.9 Å². The van der Waals surface area contributed by atoms with Crippen molar-refractivity contribution < 1.29 is 14.3 Å². The zero-order valence-electron chi connectivity index (χ0n) is 14.0.